The van der Waals surface area contributed by atoms with Crippen molar-refractivity contribution in [1.29, 1.82) is 0 Å². The number of carbonyl (C=O) groups excluding carboxylic acids is 1. The van der Waals surface area contributed by atoms with Crippen LogP contribution < -0.4 is 10.6 Å². The molecule has 0 saturated heterocycles. The van der Waals surface area contributed by atoms with E-state index >= 15 is 0 Å². The fraction of sp³-hybridized carbons (Fsp3) is 0.533. The summed E-state index contributed by atoms with van der Waals surface area (Å²) in [6, 6.07) is 10.1. The zero-order valence-electron chi connectivity index (χ0n) is 12.2. The molecule has 0 fully saturated rings. The van der Waals surface area contributed by atoms with Gasteiger partial charge in [0.1, 0.15) is 0 Å². The van der Waals surface area contributed by atoms with E-state index in [2.05, 4.69) is 22.8 Å². The predicted molar refractivity (Wildman–Crippen MR) is 84.1 cm³/mol. The number of ether oxygens (including phenoxy) is 1. The molecule has 0 heterocycles. The summed E-state index contributed by atoms with van der Waals surface area (Å²) in [6.45, 7) is 4.04. The Bertz CT molecular complexity index is 373. The summed E-state index contributed by atoms with van der Waals surface area (Å²) < 4.78 is 4.94. The van der Waals surface area contributed by atoms with Gasteiger partial charge in [-0.1, -0.05) is 18.2 Å². The Hall–Kier alpha value is -1.04. The van der Waals surface area contributed by atoms with Crippen molar-refractivity contribution in [1.82, 2.24) is 10.6 Å². The molecular weight excluding hydrogens is 272 g/mol. The van der Waals surface area contributed by atoms with Crippen LogP contribution in [0.4, 0.5) is 0 Å². The molecule has 1 aromatic rings. The van der Waals surface area contributed by atoms with E-state index in [1.807, 2.05) is 25.1 Å². The highest BCUT2D eigenvalue weighted by Gasteiger charge is 2.10. The summed E-state index contributed by atoms with van der Waals surface area (Å²) in [5, 5.41) is 6.12. The van der Waals surface area contributed by atoms with Crippen molar-refractivity contribution in [2.75, 3.05) is 32.6 Å². The van der Waals surface area contributed by atoms with Crippen LogP contribution in [-0.4, -0.2) is 44.5 Å². The Kier molecular flexibility index (Phi) is 9.11. The number of carbonyl (C=O) groups is 1. The molecule has 112 valence electrons. The molecule has 1 rings (SSSR count). The second-order valence-electron chi connectivity index (χ2n) is 4.47. The smallest absolute Gasteiger partial charge is 0.236 e. The van der Waals surface area contributed by atoms with E-state index in [1.54, 1.807) is 18.9 Å². The standard InChI is InChI=1S/C15H24N2O2S/c1-13(15(18)17-9-6-11-19-2)16-10-12-20-14-7-4-3-5-8-14/h3-5,7-8,13,16H,6,9-12H2,1-2H3,(H,17,18). The molecule has 1 amide bonds. The first-order chi connectivity index (χ1) is 9.74. The van der Waals surface area contributed by atoms with E-state index in [4.69, 9.17) is 4.74 Å². The van der Waals surface area contributed by atoms with Crippen LogP contribution in [0.2, 0.25) is 0 Å². The van der Waals surface area contributed by atoms with Crippen molar-refractivity contribution in [3.05, 3.63) is 30.3 Å². The molecule has 0 saturated carbocycles. The molecule has 5 heteroatoms. The van der Waals surface area contributed by atoms with Gasteiger partial charge in [0.05, 0.1) is 6.04 Å². The van der Waals surface area contributed by atoms with Crippen molar-refractivity contribution in [2.45, 2.75) is 24.3 Å². The maximum atomic E-state index is 11.7. The van der Waals surface area contributed by atoms with Gasteiger partial charge >= 0.3 is 0 Å². The van der Waals surface area contributed by atoms with Crippen molar-refractivity contribution < 1.29 is 9.53 Å². The summed E-state index contributed by atoms with van der Waals surface area (Å²) in [5.74, 6) is 0.997. The van der Waals surface area contributed by atoms with Gasteiger partial charge in [0.25, 0.3) is 0 Å². The average Bonchev–Trinajstić information content (AvgIpc) is 2.48. The maximum absolute atomic E-state index is 11.7. The van der Waals surface area contributed by atoms with Crippen molar-refractivity contribution >= 4 is 17.7 Å². The molecule has 0 aliphatic rings. The molecule has 0 aliphatic carbocycles. The Morgan fingerprint density at radius 2 is 2.05 bits per heavy atom. The van der Waals surface area contributed by atoms with Gasteiger partial charge in [-0.15, -0.1) is 11.8 Å². The van der Waals surface area contributed by atoms with Crippen molar-refractivity contribution in [3.63, 3.8) is 0 Å². The maximum Gasteiger partial charge on any atom is 0.236 e. The van der Waals surface area contributed by atoms with Crippen LogP contribution in [-0.2, 0) is 9.53 Å². The number of methoxy groups -OCH3 is 1. The van der Waals surface area contributed by atoms with Gasteiger partial charge in [-0.3, -0.25) is 4.79 Å². The molecule has 2 N–H and O–H groups in total. The quantitative estimate of drug-likeness (QED) is 0.511. The Morgan fingerprint density at radius 3 is 2.75 bits per heavy atom. The molecular formula is C15H24N2O2S. The number of amides is 1. The van der Waals surface area contributed by atoms with Crippen LogP contribution in [0.25, 0.3) is 0 Å². The SMILES string of the molecule is COCCCNC(=O)C(C)NCCSc1ccccc1. The van der Waals surface area contributed by atoms with Gasteiger partial charge in [-0.05, 0) is 25.5 Å². The highest BCUT2D eigenvalue weighted by Crippen LogP contribution is 2.15. The minimum atomic E-state index is -0.158. The number of nitrogens with one attached hydrogen (secondary N) is 2. The third-order valence-electron chi connectivity index (χ3n) is 2.78. The molecule has 0 bridgehead atoms. The van der Waals surface area contributed by atoms with E-state index in [-0.39, 0.29) is 11.9 Å². The monoisotopic (exact) mass is 296 g/mol. The van der Waals surface area contributed by atoms with Crippen molar-refractivity contribution in [2.24, 2.45) is 0 Å². The van der Waals surface area contributed by atoms with Crippen LogP contribution in [0.15, 0.2) is 35.2 Å². The van der Waals surface area contributed by atoms with Crippen LogP contribution in [0.1, 0.15) is 13.3 Å². The Balaban J connectivity index is 2.07. The lowest BCUT2D eigenvalue weighted by molar-refractivity contribution is -0.122. The topological polar surface area (TPSA) is 50.4 Å². The largest absolute Gasteiger partial charge is 0.385 e. The molecule has 1 unspecified atom stereocenters. The third kappa shape index (κ3) is 7.53. The number of rotatable bonds is 10. The predicted octanol–water partition coefficient (Wildman–Crippen LogP) is 1.91. The zero-order chi connectivity index (χ0) is 14.6. The Labute approximate surface area is 125 Å². The molecule has 4 nitrogen and oxygen atoms in total. The van der Waals surface area contributed by atoms with Gasteiger partial charge in [0, 0.05) is 37.5 Å². The van der Waals surface area contributed by atoms with Gasteiger partial charge in [0.15, 0.2) is 0 Å². The minimum absolute atomic E-state index is 0.0471. The van der Waals surface area contributed by atoms with Crippen LogP contribution in [0, 0.1) is 0 Å². The first-order valence-electron chi connectivity index (χ1n) is 6.92. The summed E-state index contributed by atoms with van der Waals surface area (Å²) in [6.07, 6.45) is 0.846. The molecule has 0 radical (unpaired) electrons. The lowest BCUT2D eigenvalue weighted by Crippen LogP contribution is -2.43. The summed E-state index contributed by atoms with van der Waals surface area (Å²) in [7, 11) is 1.66. The summed E-state index contributed by atoms with van der Waals surface area (Å²) >= 11 is 1.79. The van der Waals surface area contributed by atoms with E-state index < -0.39 is 0 Å². The van der Waals surface area contributed by atoms with E-state index in [0.717, 1.165) is 18.7 Å². The van der Waals surface area contributed by atoms with Gasteiger partial charge in [-0.25, -0.2) is 0 Å². The van der Waals surface area contributed by atoms with Crippen molar-refractivity contribution in [3.8, 4) is 0 Å². The first kappa shape index (κ1) is 17.0. The average molecular weight is 296 g/mol. The van der Waals surface area contributed by atoms with Gasteiger partial charge in [0.2, 0.25) is 5.91 Å². The second-order valence-corrected chi connectivity index (χ2v) is 5.64. The lowest BCUT2D eigenvalue weighted by Gasteiger charge is -2.13. The van der Waals surface area contributed by atoms with E-state index in [1.165, 1.54) is 4.90 Å². The van der Waals surface area contributed by atoms with E-state index in [9.17, 15) is 4.79 Å². The zero-order valence-corrected chi connectivity index (χ0v) is 13.0. The van der Waals surface area contributed by atoms with Gasteiger partial charge < -0.3 is 15.4 Å². The van der Waals surface area contributed by atoms with Crippen LogP contribution in [0.3, 0.4) is 0 Å². The summed E-state index contributed by atoms with van der Waals surface area (Å²) in [4.78, 5) is 13.0. The van der Waals surface area contributed by atoms with Crippen LogP contribution in [0.5, 0.6) is 0 Å². The number of thioether (sulfide) groups is 1. The third-order valence-corrected chi connectivity index (χ3v) is 3.80. The molecule has 1 aromatic carbocycles. The number of hydrogen-bond acceptors (Lipinski definition) is 4. The fourth-order valence-corrected chi connectivity index (χ4v) is 2.44. The minimum Gasteiger partial charge on any atom is -0.385 e. The lowest BCUT2D eigenvalue weighted by atomic mass is 10.3. The van der Waals surface area contributed by atoms with Crippen LogP contribution >= 0.6 is 11.8 Å². The Morgan fingerprint density at radius 1 is 1.30 bits per heavy atom. The number of hydrogen-bond donors (Lipinski definition) is 2. The normalized spacial score (nSPS) is 12.1. The highest BCUT2D eigenvalue weighted by atomic mass is 32.2. The molecule has 0 aliphatic heterocycles. The highest BCUT2D eigenvalue weighted by molar-refractivity contribution is 7.99. The molecule has 0 spiro atoms. The van der Waals surface area contributed by atoms with E-state index in [0.29, 0.717) is 13.2 Å². The first-order valence-corrected chi connectivity index (χ1v) is 7.90. The second kappa shape index (κ2) is 10.7. The summed E-state index contributed by atoms with van der Waals surface area (Å²) in [5.41, 5.74) is 0. The molecule has 0 aromatic heterocycles. The molecule has 20 heavy (non-hydrogen) atoms. The molecule has 1 atom stereocenters. The van der Waals surface area contributed by atoms with Gasteiger partial charge in [-0.2, -0.15) is 0 Å². The number of benzene rings is 1. The fourth-order valence-electron chi connectivity index (χ4n) is 1.63.